The first-order valence-electron chi connectivity index (χ1n) is 15.5. The lowest BCUT2D eigenvalue weighted by atomic mass is 9.91. The molecule has 0 aliphatic heterocycles. The summed E-state index contributed by atoms with van der Waals surface area (Å²) in [5, 5.41) is 2.94. The van der Waals surface area contributed by atoms with Crippen LogP contribution in [0.25, 0.3) is 0 Å². The smallest absolute Gasteiger partial charge is 0.408 e. The molecule has 1 aliphatic carbocycles. The number of sulfonamides is 1. The van der Waals surface area contributed by atoms with Crippen molar-refractivity contribution in [2.24, 2.45) is 11.8 Å². The molecule has 4 rings (SSSR count). The minimum absolute atomic E-state index is 0.151. The third kappa shape index (κ3) is 10.2. The molecule has 1 heterocycles. The summed E-state index contributed by atoms with van der Waals surface area (Å²) in [4.78, 5) is 33.6. The van der Waals surface area contributed by atoms with E-state index >= 15 is 0 Å². The number of amides is 1. The maximum atomic E-state index is 13.9. The number of hydrogen-bond acceptors (Lipinski definition) is 7. The zero-order chi connectivity index (χ0) is 33.7. The molecule has 1 aliphatic rings. The van der Waals surface area contributed by atoms with Crippen LogP contribution in [0.5, 0.6) is 0 Å². The number of ketones is 1. The van der Waals surface area contributed by atoms with Crippen molar-refractivity contribution in [3.05, 3.63) is 102 Å². The summed E-state index contributed by atoms with van der Waals surface area (Å²) < 4.78 is 31.8. The van der Waals surface area contributed by atoms with Crippen molar-refractivity contribution in [1.29, 1.82) is 0 Å². The molecule has 10 heteroatoms. The second-order valence-electron chi connectivity index (χ2n) is 13.5. The van der Waals surface area contributed by atoms with E-state index in [0.717, 1.165) is 34.7 Å². The second kappa shape index (κ2) is 14.1. The van der Waals surface area contributed by atoms with E-state index in [9.17, 15) is 18.0 Å². The van der Waals surface area contributed by atoms with Crippen LogP contribution in [-0.4, -0.2) is 56.3 Å². The molecule has 1 N–H and O–H groups in total. The van der Waals surface area contributed by atoms with E-state index in [2.05, 4.69) is 17.1 Å². The molecule has 46 heavy (non-hydrogen) atoms. The van der Waals surface area contributed by atoms with Crippen molar-refractivity contribution in [2.45, 2.75) is 65.1 Å². The zero-order valence-electron chi connectivity index (χ0n) is 27.9. The quantitative estimate of drug-likeness (QED) is 0.169. The number of aromatic nitrogens is 1. The molecule has 3 atom stereocenters. The van der Waals surface area contributed by atoms with Crippen LogP contribution in [0.3, 0.4) is 0 Å². The molecule has 9 nitrogen and oxygen atoms in total. The van der Waals surface area contributed by atoms with Crippen molar-refractivity contribution < 1.29 is 22.7 Å². The fraction of sp³-hybridized carbons (Fsp3) is 0.417. The largest absolute Gasteiger partial charge is 0.444 e. The Morgan fingerprint density at radius 1 is 0.978 bits per heavy atom. The van der Waals surface area contributed by atoms with Gasteiger partial charge in [0.2, 0.25) is 10.0 Å². The van der Waals surface area contributed by atoms with Crippen LogP contribution in [0, 0.1) is 11.8 Å². The molecule has 2 unspecified atom stereocenters. The van der Waals surface area contributed by atoms with Gasteiger partial charge >= 0.3 is 6.09 Å². The first-order chi connectivity index (χ1) is 21.5. The molecule has 2 aromatic carbocycles. The van der Waals surface area contributed by atoms with E-state index < -0.39 is 27.3 Å². The summed E-state index contributed by atoms with van der Waals surface area (Å²) in [7, 11) is -2.23. The molecular formula is C36H46N4O5S. The van der Waals surface area contributed by atoms with Crippen LogP contribution in [0.4, 0.5) is 16.4 Å². The molecule has 246 valence electrons. The number of anilines is 2. The Morgan fingerprint density at radius 2 is 1.54 bits per heavy atom. The van der Waals surface area contributed by atoms with Gasteiger partial charge in [0.15, 0.2) is 5.78 Å². The van der Waals surface area contributed by atoms with Crippen LogP contribution in [-0.2, 0) is 27.7 Å². The number of carbonyl (C=O) groups excluding carboxylic acids is 2. The van der Waals surface area contributed by atoms with Gasteiger partial charge in [-0.2, -0.15) is 0 Å². The predicted octanol–water partition coefficient (Wildman–Crippen LogP) is 6.41. The average molecular weight is 647 g/mol. The van der Waals surface area contributed by atoms with Crippen molar-refractivity contribution >= 4 is 33.5 Å². The van der Waals surface area contributed by atoms with Crippen molar-refractivity contribution in [3.8, 4) is 0 Å². The molecular weight excluding hydrogens is 600 g/mol. The Bertz CT molecular complexity index is 1650. The Hall–Kier alpha value is -4.18. The normalized spacial score (nSPS) is 17.6. The van der Waals surface area contributed by atoms with Crippen LogP contribution in [0.1, 0.15) is 62.5 Å². The SMILES string of the molecule is CC1CC1CN(Cc1ccccc1)c1cc(C(=O)/C=C/[C@@](C)(Cc2ccccc2)NC(=O)OC(C)(C)C)cc(N(C)S(C)(=O)=O)n1. The summed E-state index contributed by atoms with van der Waals surface area (Å²) in [6.45, 7) is 10.7. The lowest BCUT2D eigenvalue weighted by Crippen LogP contribution is -2.48. The summed E-state index contributed by atoms with van der Waals surface area (Å²) in [6, 6.07) is 22.9. The molecule has 0 radical (unpaired) electrons. The number of hydrogen-bond donors (Lipinski definition) is 1. The first kappa shape index (κ1) is 34.7. The zero-order valence-corrected chi connectivity index (χ0v) is 28.7. The Labute approximate surface area is 273 Å². The minimum atomic E-state index is -3.66. The molecule has 0 spiro atoms. The van der Waals surface area contributed by atoms with Gasteiger partial charge < -0.3 is 15.0 Å². The van der Waals surface area contributed by atoms with E-state index in [1.165, 1.54) is 19.2 Å². The van der Waals surface area contributed by atoms with E-state index in [-0.39, 0.29) is 17.2 Å². The number of ether oxygens (including phenoxy) is 1. The Morgan fingerprint density at radius 3 is 2.09 bits per heavy atom. The topological polar surface area (TPSA) is 109 Å². The van der Waals surface area contributed by atoms with Gasteiger partial charge in [-0.25, -0.2) is 18.2 Å². The van der Waals surface area contributed by atoms with Gasteiger partial charge in [0.25, 0.3) is 0 Å². The number of rotatable bonds is 13. The van der Waals surface area contributed by atoms with Crippen molar-refractivity contribution in [1.82, 2.24) is 10.3 Å². The standard InChI is InChI=1S/C36H46N4O5S/c1-26-20-30(26)25-40(24-28-16-12-9-13-17-28)33-22-29(21-32(37-33)39(6)46(7,43)44)31(41)18-19-36(5,23-27-14-10-8-11-15-27)38-34(42)45-35(2,3)4/h8-19,21-22,26,30H,20,23-25H2,1-7H3,(H,38,42)/b19-18+/t26?,30?,36-/m0/s1. The number of allylic oxidation sites excluding steroid dienone is 1. The number of nitrogens with zero attached hydrogens (tertiary/aromatic N) is 3. The third-order valence-corrected chi connectivity index (χ3v) is 9.16. The van der Waals surface area contributed by atoms with Gasteiger partial charge in [-0.15, -0.1) is 0 Å². The fourth-order valence-corrected chi connectivity index (χ4v) is 5.61. The van der Waals surface area contributed by atoms with Crippen LogP contribution in [0.15, 0.2) is 84.9 Å². The van der Waals surface area contributed by atoms with Crippen LogP contribution >= 0.6 is 0 Å². The van der Waals surface area contributed by atoms with Gasteiger partial charge in [0.1, 0.15) is 17.2 Å². The minimum Gasteiger partial charge on any atom is -0.444 e. The first-order valence-corrected chi connectivity index (χ1v) is 17.4. The lowest BCUT2D eigenvalue weighted by molar-refractivity contribution is 0.0483. The van der Waals surface area contributed by atoms with Crippen molar-refractivity contribution in [2.75, 3.05) is 29.1 Å². The highest BCUT2D eigenvalue weighted by molar-refractivity contribution is 7.92. The number of alkyl carbamates (subject to hydrolysis) is 1. The number of carbonyl (C=O) groups is 2. The number of benzene rings is 2. The number of pyridine rings is 1. The fourth-order valence-electron chi connectivity index (χ4n) is 5.17. The van der Waals surface area contributed by atoms with Gasteiger partial charge in [0.05, 0.1) is 11.8 Å². The molecule has 1 amide bonds. The van der Waals surface area contributed by atoms with E-state index in [0.29, 0.717) is 30.6 Å². The van der Waals surface area contributed by atoms with Gasteiger partial charge in [0, 0.05) is 25.7 Å². The maximum Gasteiger partial charge on any atom is 0.408 e. The van der Waals surface area contributed by atoms with Gasteiger partial charge in [-0.1, -0.05) is 73.7 Å². The highest BCUT2D eigenvalue weighted by Crippen LogP contribution is 2.39. The van der Waals surface area contributed by atoms with Crippen molar-refractivity contribution in [3.63, 3.8) is 0 Å². The van der Waals surface area contributed by atoms with Crippen LogP contribution in [0.2, 0.25) is 0 Å². The molecule has 1 fully saturated rings. The average Bonchev–Trinajstić information content (AvgIpc) is 3.68. The van der Waals surface area contributed by atoms with E-state index in [1.54, 1.807) is 32.9 Å². The molecule has 0 saturated heterocycles. The molecule has 3 aromatic rings. The Balaban J connectivity index is 1.71. The summed E-state index contributed by atoms with van der Waals surface area (Å²) in [6.07, 6.45) is 5.11. The van der Waals surface area contributed by atoms with Crippen LogP contribution < -0.4 is 14.5 Å². The van der Waals surface area contributed by atoms with E-state index in [4.69, 9.17) is 9.72 Å². The third-order valence-electron chi connectivity index (χ3n) is 7.98. The highest BCUT2D eigenvalue weighted by Gasteiger charge is 2.35. The molecule has 0 bridgehead atoms. The molecule has 1 saturated carbocycles. The van der Waals surface area contributed by atoms with E-state index in [1.807, 2.05) is 67.6 Å². The Kier molecular flexibility index (Phi) is 10.6. The molecule has 1 aromatic heterocycles. The second-order valence-corrected chi connectivity index (χ2v) is 15.6. The number of nitrogens with one attached hydrogen (secondary N) is 1. The highest BCUT2D eigenvalue weighted by atomic mass is 32.2. The summed E-state index contributed by atoms with van der Waals surface area (Å²) in [5.41, 5.74) is 0.664. The monoisotopic (exact) mass is 646 g/mol. The maximum absolute atomic E-state index is 13.9. The lowest BCUT2D eigenvalue weighted by Gasteiger charge is -2.30. The van der Waals surface area contributed by atoms with Gasteiger partial charge in [-0.05, 0) is 81.7 Å². The van der Waals surface area contributed by atoms with Gasteiger partial charge in [-0.3, -0.25) is 9.10 Å². The predicted molar refractivity (Wildman–Crippen MR) is 184 cm³/mol. The summed E-state index contributed by atoms with van der Waals surface area (Å²) >= 11 is 0. The summed E-state index contributed by atoms with van der Waals surface area (Å²) in [5.74, 6) is 1.39.